The van der Waals surface area contributed by atoms with E-state index >= 15 is 0 Å². The van der Waals surface area contributed by atoms with Crippen molar-refractivity contribution in [2.45, 2.75) is 0 Å². The molecule has 3 aromatic rings. The van der Waals surface area contributed by atoms with Crippen LogP contribution in [0.15, 0.2) is 48.5 Å². The Hall–Kier alpha value is -2.35. The Bertz CT molecular complexity index is 729. The van der Waals surface area contributed by atoms with Gasteiger partial charge in [0.05, 0.1) is 0 Å². The summed E-state index contributed by atoms with van der Waals surface area (Å²) in [5.41, 5.74) is 0.674. The molecule has 0 radical (unpaired) electrons. The third-order valence-electron chi connectivity index (χ3n) is 3.02. The van der Waals surface area contributed by atoms with E-state index in [0.29, 0.717) is 5.56 Å². The summed E-state index contributed by atoms with van der Waals surface area (Å²) in [6.45, 7) is 0. The maximum Gasteiger partial charge on any atom is 0.150 e. The Balaban J connectivity index is 2.55. The molecule has 17 heavy (non-hydrogen) atoms. The van der Waals surface area contributed by atoms with Crippen LogP contribution in [0.25, 0.3) is 21.5 Å². The normalized spacial score (nSPS) is 10.8. The SMILES string of the molecule is O=Cc1cccc2c1ccc1ccc(O)cc12. The van der Waals surface area contributed by atoms with E-state index in [1.807, 2.05) is 30.3 Å². The molecule has 0 saturated carbocycles. The number of hydrogen-bond acceptors (Lipinski definition) is 2. The zero-order valence-electron chi connectivity index (χ0n) is 9.05. The highest BCUT2D eigenvalue weighted by atomic mass is 16.3. The van der Waals surface area contributed by atoms with Crippen molar-refractivity contribution in [3.05, 3.63) is 54.1 Å². The Morgan fingerprint density at radius 2 is 1.71 bits per heavy atom. The predicted octanol–water partition coefficient (Wildman–Crippen LogP) is 3.51. The topological polar surface area (TPSA) is 37.3 Å². The van der Waals surface area contributed by atoms with Gasteiger partial charge in [0.2, 0.25) is 0 Å². The molecule has 3 aromatic carbocycles. The monoisotopic (exact) mass is 222 g/mol. The lowest BCUT2D eigenvalue weighted by Gasteiger charge is -2.06. The number of phenols is 1. The van der Waals surface area contributed by atoms with Gasteiger partial charge >= 0.3 is 0 Å². The highest BCUT2D eigenvalue weighted by Gasteiger charge is 2.04. The first-order valence-corrected chi connectivity index (χ1v) is 5.39. The minimum Gasteiger partial charge on any atom is -0.508 e. The second-order valence-corrected chi connectivity index (χ2v) is 4.03. The fourth-order valence-corrected chi connectivity index (χ4v) is 2.20. The highest BCUT2D eigenvalue weighted by molar-refractivity contribution is 6.12. The average Bonchev–Trinajstić information content (AvgIpc) is 2.37. The molecule has 0 atom stereocenters. The van der Waals surface area contributed by atoms with Gasteiger partial charge in [-0.3, -0.25) is 4.79 Å². The lowest BCUT2D eigenvalue weighted by atomic mass is 9.99. The van der Waals surface area contributed by atoms with Crippen LogP contribution in [0, 0.1) is 0 Å². The van der Waals surface area contributed by atoms with Crippen LogP contribution in [0.5, 0.6) is 5.75 Å². The zero-order chi connectivity index (χ0) is 11.8. The average molecular weight is 222 g/mol. The van der Waals surface area contributed by atoms with E-state index in [1.54, 1.807) is 18.2 Å². The zero-order valence-corrected chi connectivity index (χ0v) is 9.05. The predicted molar refractivity (Wildman–Crippen MR) is 68.5 cm³/mol. The van der Waals surface area contributed by atoms with E-state index in [-0.39, 0.29) is 5.75 Å². The third kappa shape index (κ3) is 1.46. The summed E-state index contributed by atoms with van der Waals surface area (Å²) < 4.78 is 0. The van der Waals surface area contributed by atoms with E-state index in [0.717, 1.165) is 27.8 Å². The molecular formula is C15H10O2. The summed E-state index contributed by atoms with van der Waals surface area (Å²) in [5, 5.41) is 13.5. The summed E-state index contributed by atoms with van der Waals surface area (Å²) in [5.74, 6) is 0.238. The van der Waals surface area contributed by atoms with E-state index in [9.17, 15) is 9.90 Å². The van der Waals surface area contributed by atoms with Crippen LogP contribution in [-0.4, -0.2) is 11.4 Å². The lowest BCUT2D eigenvalue weighted by molar-refractivity contribution is 0.112. The van der Waals surface area contributed by atoms with Crippen molar-refractivity contribution in [1.82, 2.24) is 0 Å². The molecule has 0 spiro atoms. The van der Waals surface area contributed by atoms with Gasteiger partial charge in [-0.2, -0.15) is 0 Å². The van der Waals surface area contributed by atoms with Crippen LogP contribution in [0.4, 0.5) is 0 Å². The molecule has 0 unspecified atom stereocenters. The number of fused-ring (bicyclic) bond motifs is 3. The van der Waals surface area contributed by atoms with Crippen LogP contribution in [0.1, 0.15) is 10.4 Å². The molecule has 2 nitrogen and oxygen atoms in total. The standard InChI is InChI=1S/C15H10O2/c16-9-11-2-1-3-14-13(11)7-5-10-4-6-12(17)8-15(10)14/h1-9,17H. The molecule has 2 heteroatoms. The molecule has 0 aliphatic rings. The van der Waals surface area contributed by atoms with Gasteiger partial charge in [0.25, 0.3) is 0 Å². The molecule has 0 heterocycles. The summed E-state index contributed by atoms with van der Waals surface area (Å²) in [6, 6.07) is 14.8. The van der Waals surface area contributed by atoms with Crippen molar-refractivity contribution in [3.8, 4) is 5.75 Å². The molecule has 0 amide bonds. The smallest absolute Gasteiger partial charge is 0.150 e. The number of carbonyl (C=O) groups excluding carboxylic acids is 1. The largest absolute Gasteiger partial charge is 0.508 e. The fourth-order valence-electron chi connectivity index (χ4n) is 2.20. The van der Waals surface area contributed by atoms with E-state index < -0.39 is 0 Å². The third-order valence-corrected chi connectivity index (χ3v) is 3.02. The van der Waals surface area contributed by atoms with Gasteiger partial charge in [-0.05, 0) is 33.7 Å². The molecule has 0 fully saturated rings. The summed E-state index contributed by atoms with van der Waals surface area (Å²) in [7, 11) is 0. The molecule has 0 aromatic heterocycles. The maximum absolute atomic E-state index is 11.0. The highest BCUT2D eigenvalue weighted by Crippen LogP contribution is 2.29. The van der Waals surface area contributed by atoms with E-state index in [2.05, 4.69) is 0 Å². The van der Waals surface area contributed by atoms with Crippen molar-refractivity contribution in [3.63, 3.8) is 0 Å². The first-order valence-electron chi connectivity index (χ1n) is 5.39. The molecule has 3 rings (SSSR count). The molecule has 0 bridgehead atoms. The summed E-state index contributed by atoms with van der Waals surface area (Å²) in [6.07, 6.45) is 0.858. The molecular weight excluding hydrogens is 212 g/mol. The van der Waals surface area contributed by atoms with E-state index in [4.69, 9.17) is 0 Å². The van der Waals surface area contributed by atoms with Gasteiger partial charge in [0, 0.05) is 5.56 Å². The summed E-state index contributed by atoms with van der Waals surface area (Å²) in [4.78, 5) is 11.0. The number of hydrogen-bond donors (Lipinski definition) is 1. The van der Waals surface area contributed by atoms with Gasteiger partial charge < -0.3 is 5.11 Å². The first-order chi connectivity index (χ1) is 8.29. The molecule has 1 N–H and O–H groups in total. The van der Waals surface area contributed by atoms with Gasteiger partial charge in [-0.25, -0.2) is 0 Å². The van der Waals surface area contributed by atoms with Crippen LogP contribution < -0.4 is 0 Å². The second-order valence-electron chi connectivity index (χ2n) is 4.03. The number of carbonyl (C=O) groups is 1. The molecule has 0 saturated heterocycles. The number of rotatable bonds is 1. The Morgan fingerprint density at radius 3 is 2.53 bits per heavy atom. The number of aldehydes is 1. The fraction of sp³-hybridized carbons (Fsp3) is 0. The Kier molecular flexibility index (Phi) is 2.08. The van der Waals surface area contributed by atoms with Gasteiger partial charge in [-0.15, -0.1) is 0 Å². The van der Waals surface area contributed by atoms with Crippen LogP contribution in [-0.2, 0) is 0 Å². The van der Waals surface area contributed by atoms with Crippen molar-refractivity contribution in [2.75, 3.05) is 0 Å². The van der Waals surface area contributed by atoms with Crippen molar-refractivity contribution in [2.24, 2.45) is 0 Å². The van der Waals surface area contributed by atoms with Crippen molar-refractivity contribution in [1.29, 1.82) is 0 Å². The minimum atomic E-state index is 0.238. The van der Waals surface area contributed by atoms with Gasteiger partial charge in [-0.1, -0.05) is 36.4 Å². The minimum absolute atomic E-state index is 0.238. The number of benzene rings is 3. The molecule has 0 aliphatic heterocycles. The lowest BCUT2D eigenvalue weighted by Crippen LogP contribution is -1.84. The summed E-state index contributed by atoms with van der Waals surface area (Å²) >= 11 is 0. The van der Waals surface area contributed by atoms with Crippen molar-refractivity contribution < 1.29 is 9.90 Å². The van der Waals surface area contributed by atoms with E-state index in [1.165, 1.54) is 0 Å². The maximum atomic E-state index is 11.0. The van der Waals surface area contributed by atoms with Crippen LogP contribution >= 0.6 is 0 Å². The second kappa shape index (κ2) is 3.59. The number of phenolic OH excluding ortho intramolecular Hbond substituents is 1. The van der Waals surface area contributed by atoms with Crippen LogP contribution in [0.3, 0.4) is 0 Å². The van der Waals surface area contributed by atoms with Gasteiger partial charge in [0.1, 0.15) is 5.75 Å². The Labute approximate surface area is 98.1 Å². The van der Waals surface area contributed by atoms with Crippen LogP contribution in [0.2, 0.25) is 0 Å². The molecule has 82 valence electrons. The molecule has 0 aliphatic carbocycles. The number of aromatic hydroxyl groups is 1. The first kappa shape index (κ1) is 9.85. The van der Waals surface area contributed by atoms with Crippen molar-refractivity contribution >= 4 is 27.8 Å². The quantitative estimate of drug-likeness (QED) is 0.505. The van der Waals surface area contributed by atoms with Gasteiger partial charge in [0.15, 0.2) is 6.29 Å². The Morgan fingerprint density at radius 1 is 0.882 bits per heavy atom.